The number of aromatic nitrogens is 2. The normalized spacial score (nSPS) is 11.7. The summed E-state index contributed by atoms with van der Waals surface area (Å²) in [4.78, 5) is 12.0. The summed E-state index contributed by atoms with van der Waals surface area (Å²) >= 11 is 0. The molecule has 32 heavy (non-hydrogen) atoms. The Morgan fingerprint density at radius 3 is 2.41 bits per heavy atom. The number of nitrogens with zero attached hydrogens (tertiary/aromatic N) is 1. The predicted molar refractivity (Wildman–Crippen MR) is 125 cm³/mol. The largest absolute Gasteiger partial charge is 0.493 e. The summed E-state index contributed by atoms with van der Waals surface area (Å²) in [6, 6.07) is 23.9. The molecule has 1 atom stereocenters. The Kier molecular flexibility index (Phi) is 6.36. The molecule has 1 heterocycles. The van der Waals surface area contributed by atoms with Crippen LogP contribution in [0.4, 0.5) is 0 Å². The number of methoxy groups -OCH3 is 1. The topological polar surface area (TPSA) is 64.2 Å². The van der Waals surface area contributed by atoms with E-state index in [1.807, 2.05) is 73.8 Å². The van der Waals surface area contributed by atoms with E-state index in [9.17, 15) is 4.79 Å². The lowest BCUT2D eigenvalue weighted by molar-refractivity contribution is -0.117. The number of carbonyl (C=O) groups excluding carboxylic acids is 1. The number of carbonyl (C=O) groups is 1. The Hall–Kier alpha value is -3.86. The maximum absolute atomic E-state index is 12.0. The van der Waals surface area contributed by atoms with Gasteiger partial charge in [0.25, 0.3) is 0 Å². The van der Waals surface area contributed by atoms with Gasteiger partial charge in [-0.25, -0.2) is 0 Å². The molecule has 0 spiro atoms. The summed E-state index contributed by atoms with van der Waals surface area (Å²) in [5, 5.41) is 7.13. The number of H-pyrrole nitrogens is 1. The van der Waals surface area contributed by atoms with Crippen molar-refractivity contribution in [2.45, 2.75) is 26.2 Å². The van der Waals surface area contributed by atoms with Gasteiger partial charge in [0.15, 0.2) is 11.5 Å². The van der Waals surface area contributed by atoms with Crippen LogP contribution in [0.25, 0.3) is 11.1 Å². The molecule has 1 N–H and O–H groups in total. The van der Waals surface area contributed by atoms with E-state index in [1.165, 1.54) is 0 Å². The van der Waals surface area contributed by atoms with Crippen LogP contribution >= 0.6 is 0 Å². The van der Waals surface area contributed by atoms with Gasteiger partial charge in [-0.2, -0.15) is 5.10 Å². The lowest BCUT2D eigenvalue weighted by Gasteiger charge is -2.19. The number of para-hydroxylation sites is 1. The fourth-order valence-corrected chi connectivity index (χ4v) is 3.93. The molecule has 3 aromatic carbocycles. The third-order valence-electron chi connectivity index (χ3n) is 5.52. The highest BCUT2D eigenvalue weighted by molar-refractivity contribution is 5.77. The number of ether oxygens (including phenoxy) is 2. The third kappa shape index (κ3) is 4.57. The van der Waals surface area contributed by atoms with Crippen molar-refractivity contribution >= 4 is 5.78 Å². The number of rotatable bonds is 8. The zero-order chi connectivity index (χ0) is 22.5. The standard InChI is InChI=1S/C27H26N2O3/c1-18(30)15-23(24-17-28-29-19(24)2)21-13-14-26(27(16-21)31-3)32-25-12-8-7-11-22(25)20-9-5-4-6-10-20/h4-14,16-17,23H,15H2,1-3H3,(H,28,29). The van der Waals surface area contributed by atoms with Crippen LogP contribution in [0.2, 0.25) is 0 Å². The van der Waals surface area contributed by atoms with E-state index >= 15 is 0 Å². The number of nitrogens with one attached hydrogen (secondary N) is 1. The first-order valence-corrected chi connectivity index (χ1v) is 10.6. The number of Topliss-reactive ketones (excluding diaryl/α,β-unsaturated/α-hetero) is 1. The molecule has 0 aliphatic carbocycles. The van der Waals surface area contributed by atoms with Crippen LogP contribution in [-0.2, 0) is 4.79 Å². The summed E-state index contributed by atoms with van der Waals surface area (Å²) in [5.41, 5.74) is 4.95. The van der Waals surface area contributed by atoms with Crippen molar-refractivity contribution in [2.24, 2.45) is 0 Å². The number of aromatic amines is 1. The molecule has 0 amide bonds. The van der Waals surface area contributed by atoms with Gasteiger partial charge in [-0.05, 0) is 43.2 Å². The number of hydrogen-bond donors (Lipinski definition) is 1. The molecule has 0 aliphatic rings. The van der Waals surface area contributed by atoms with E-state index in [-0.39, 0.29) is 11.7 Å². The van der Waals surface area contributed by atoms with Crippen molar-refractivity contribution in [3.05, 3.63) is 95.8 Å². The first kappa shape index (κ1) is 21.4. The van der Waals surface area contributed by atoms with Crippen LogP contribution in [0.1, 0.15) is 36.1 Å². The van der Waals surface area contributed by atoms with Crippen LogP contribution in [0.5, 0.6) is 17.2 Å². The second-order valence-corrected chi connectivity index (χ2v) is 7.76. The predicted octanol–water partition coefficient (Wildman–Crippen LogP) is 6.30. The highest BCUT2D eigenvalue weighted by Gasteiger charge is 2.22. The number of aryl methyl sites for hydroxylation is 1. The van der Waals surface area contributed by atoms with Crippen molar-refractivity contribution in [3.8, 4) is 28.4 Å². The molecule has 0 bridgehead atoms. The van der Waals surface area contributed by atoms with E-state index in [4.69, 9.17) is 9.47 Å². The Morgan fingerprint density at radius 2 is 1.72 bits per heavy atom. The maximum atomic E-state index is 12.0. The molecule has 162 valence electrons. The summed E-state index contributed by atoms with van der Waals surface area (Å²) in [5.74, 6) is 1.98. The van der Waals surface area contributed by atoms with E-state index in [0.29, 0.717) is 17.9 Å². The van der Waals surface area contributed by atoms with Gasteiger partial charge in [-0.1, -0.05) is 54.6 Å². The molecule has 0 radical (unpaired) electrons. The average Bonchev–Trinajstić information content (AvgIpc) is 3.24. The average molecular weight is 427 g/mol. The number of hydrogen-bond acceptors (Lipinski definition) is 4. The molecule has 0 saturated carbocycles. The van der Waals surface area contributed by atoms with Gasteiger partial charge in [0.05, 0.1) is 12.8 Å². The maximum Gasteiger partial charge on any atom is 0.169 e. The molecular formula is C27H26N2O3. The highest BCUT2D eigenvalue weighted by Crippen LogP contribution is 2.40. The smallest absolute Gasteiger partial charge is 0.169 e. The van der Waals surface area contributed by atoms with Gasteiger partial charge < -0.3 is 9.47 Å². The summed E-state index contributed by atoms with van der Waals surface area (Å²) in [6.45, 7) is 3.55. The van der Waals surface area contributed by atoms with Gasteiger partial charge in [0.2, 0.25) is 0 Å². The minimum absolute atomic E-state index is 0.106. The lowest BCUT2D eigenvalue weighted by atomic mass is 9.87. The van der Waals surface area contributed by atoms with Crippen molar-refractivity contribution in [1.82, 2.24) is 10.2 Å². The van der Waals surface area contributed by atoms with Crippen LogP contribution in [0, 0.1) is 6.92 Å². The molecule has 5 heteroatoms. The summed E-state index contributed by atoms with van der Waals surface area (Å²) in [7, 11) is 1.62. The highest BCUT2D eigenvalue weighted by atomic mass is 16.5. The van der Waals surface area contributed by atoms with Crippen molar-refractivity contribution in [1.29, 1.82) is 0 Å². The minimum Gasteiger partial charge on any atom is -0.493 e. The summed E-state index contributed by atoms with van der Waals surface area (Å²) in [6.07, 6.45) is 2.25. The molecule has 5 nitrogen and oxygen atoms in total. The molecule has 1 aromatic heterocycles. The van der Waals surface area contributed by atoms with E-state index in [0.717, 1.165) is 33.7 Å². The second kappa shape index (κ2) is 9.52. The first-order valence-electron chi connectivity index (χ1n) is 10.6. The fourth-order valence-electron chi connectivity index (χ4n) is 3.93. The second-order valence-electron chi connectivity index (χ2n) is 7.76. The van der Waals surface area contributed by atoms with Gasteiger partial charge in [0.1, 0.15) is 11.5 Å². The van der Waals surface area contributed by atoms with Crippen molar-refractivity contribution in [2.75, 3.05) is 7.11 Å². The zero-order valence-corrected chi connectivity index (χ0v) is 18.5. The van der Waals surface area contributed by atoms with Gasteiger partial charge in [-0.15, -0.1) is 0 Å². The minimum atomic E-state index is -0.106. The van der Waals surface area contributed by atoms with Gasteiger partial charge >= 0.3 is 0 Å². The Morgan fingerprint density at radius 1 is 0.969 bits per heavy atom. The van der Waals surface area contributed by atoms with Crippen LogP contribution in [-0.4, -0.2) is 23.1 Å². The SMILES string of the molecule is COc1cc(C(CC(C)=O)c2c[nH]nc2C)ccc1Oc1ccccc1-c1ccccc1. The molecule has 4 aromatic rings. The van der Waals surface area contributed by atoms with Crippen molar-refractivity contribution < 1.29 is 14.3 Å². The van der Waals surface area contributed by atoms with Gasteiger partial charge in [-0.3, -0.25) is 9.89 Å². The van der Waals surface area contributed by atoms with Crippen LogP contribution < -0.4 is 9.47 Å². The first-order chi connectivity index (χ1) is 15.6. The molecule has 4 rings (SSSR count). The van der Waals surface area contributed by atoms with Crippen molar-refractivity contribution in [3.63, 3.8) is 0 Å². The molecule has 1 unspecified atom stereocenters. The lowest BCUT2D eigenvalue weighted by Crippen LogP contribution is -2.07. The van der Waals surface area contributed by atoms with E-state index in [1.54, 1.807) is 14.0 Å². The molecule has 0 fully saturated rings. The zero-order valence-electron chi connectivity index (χ0n) is 18.5. The summed E-state index contributed by atoms with van der Waals surface area (Å²) < 4.78 is 12.0. The Balaban J connectivity index is 1.70. The quantitative estimate of drug-likeness (QED) is 0.359. The molecule has 0 aliphatic heterocycles. The third-order valence-corrected chi connectivity index (χ3v) is 5.52. The molecular weight excluding hydrogens is 400 g/mol. The monoisotopic (exact) mass is 426 g/mol. The van der Waals surface area contributed by atoms with E-state index < -0.39 is 0 Å². The van der Waals surface area contributed by atoms with Crippen LogP contribution in [0.3, 0.4) is 0 Å². The Bertz CT molecular complexity index is 1210. The number of benzene rings is 3. The van der Waals surface area contributed by atoms with Crippen LogP contribution in [0.15, 0.2) is 79.0 Å². The molecule has 0 saturated heterocycles. The number of ketones is 1. The Labute approximate surface area is 188 Å². The van der Waals surface area contributed by atoms with E-state index in [2.05, 4.69) is 22.3 Å². The van der Waals surface area contributed by atoms with Gasteiger partial charge in [0, 0.05) is 29.7 Å². The fraction of sp³-hybridized carbons (Fsp3) is 0.185.